The molecule has 2 atom stereocenters. The molecule has 3 rings (SSSR count). The molecule has 0 saturated carbocycles. The molecule has 1 N–H and O–H groups in total. The van der Waals surface area contributed by atoms with Crippen molar-refractivity contribution in [3.05, 3.63) is 35.9 Å². The van der Waals surface area contributed by atoms with Crippen LogP contribution in [0.4, 0.5) is 0 Å². The summed E-state index contributed by atoms with van der Waals surface area (Å²) in [4.78, 5) is 29.9. The van der Waals surface area contributed by atoms with Gasteiger partial charge in [0.25, 0.3) is 5.91 Å². The minimum absolute atomic E-state index is 0.0188. The maximum absolute atomic E-state index is 13.0. The predicted molar refractivity (Wildman–Crippen MR) is 106 cm³/mol. The maximum atomic E-state index is 13.0. The Morgan fingerprint density at radius 2 is 1.88 bits per heavy atom. The summed E-state index contributed by atoms with van der Waals surface area (Å²) in [6, 6.07) is 8.90. The van der Waals surface area contributed by atoms with Crippen LogP contribution in [0.5, 0.6) is 0 Å². The molecule has 142 valence electrons. The summed E-state index contributed by atoms with van der Waals surface area (Å²) in [6.45, 7) is 5.89. The van der Waals surface area contributed by atoms with Crippen LogP contribution < -0.4 is 5.32 Å². The van der Waals surface area contributed by atoms with Gasteiger partial charge in [-0.3, -0.25) is 9.59 Å². The molecule has 26 heavy (non-hydrogen) atoms. The van der Waals surface area contributed by atoms with E-state index in [0.717, 1.165) is 26.1 Å². The molecule has 2 saturated heterocycles. The van der Waals surface area contributed by atoms with Gasteiger partial charge in [-0.05, 0) is 44.5 Å². The first-order valence-electron chi connectivity index (χ1n) is 9.70. The standard InChI is InChI=1S/C20H29N3O2S/c1-2-18-23(20(25)16-9-5-3-6-10-16)17(15-26-18)19(24)21-11-14-22-12-7-4-8-13-22/h3,5-6,9-10,17-18H,2,4,7-8,11-15H2,1H3,(H,21,24). The third-order valence-corrected chi connectivity index (χ3v) is 6.63. The van der Waals surface area contributed by atoms with Gasteiger partial charge in [-0.15, -0.1) is 11.8 Å². The number of hydrogen-bond donors (Lipinski definition) is 1. The van der Waals surface area contributed by atoms with E-state index in [4.69, 9.17) is 0 Å². The number of rotatable bonds is 6. The van der Waals surface area contributed by atoms with Gasteiger partial charge in [-0.1, -0.05) is 31.5 Å². The van der Waals surface area contributed by atoms with E-state index in [1.807, 2.05) is 30.3 Å². The number of hydrogen-bond acceptors (Lipinski definition) is 4. The minimum Gasteiger partial charge on any atom is -0.353 e. The first-order chi connectivity index (χ1) is 12.7. The molecule has 5 nitrogen and oxygen atoms in total. The van der Waals surface area contributed by atoms with E-state index in [0.29, 0.717) is 17.9 Å². The first kappa shape index (κ1) is 19.2. The van der Waals surface area contributed by atoms with Gasteiger partial charge >= 0.3 is 0 Å². The van der Waals surface area contributed by atoms with Crippen LogP contribution in [0, 0.1) is 0 Å². The highest BCUT2D eigenvalue weighted by molar-refractivity contribution is 8.00. The zero-order valence-electron chi connectivity index (χ0n) is 15.5. The van der Waals surface area contributed by atoms with Gasteiger partial charge in [-0.2, -0.15) is 0 Å². The second-order valence-corrected chi connectivity index (χ2v) is 8.19. The fraction of sp³-hybridized carbons (Fsp3) is 0.600. The Labute approximate surface area is 160 Å². The number of nitrogens with zero attached hydrogens (tertiary/aromatic N) is 2. The van der Waals surface area contributed by atoms with Gasteiger partial charge in [0.05, 0.1) is 5.37 Å². The molecule has 2 heterocycles. The summed E-state index contributed by atoms with van der Waals surface area (Å²) >= 11 is 1.71. The average Bonchev–Trinajstić information content (AvgIpc) is 3.13. The van der Waals surface area contributed by atoms with Crippen LogP contribution in [-0.2, 0) is 4.79 Å². The highest BCUT2D eigenvalue weighted by Gasteiger charge is 2.40. The van der Waals surface area contributed by atoms with Crippen molar-refractivity contribution in [1.82, 2.24) is 15.1 Å². The van der Waals surface area contributed by atoms with E-state index in [1.54, 1.807) is 16.7 Å². The van der Waals surface area contributed by atoms with Crippen LogP contribution in [0.3, 0.4) is 0 Å². The molecule has 2 aliphatic rings. The second-order valence-electron chi connectivity index (χ2n) is 6.98. The summed E-state index contributed by atoms with van der Waals surface area (Å²) in [5, 5.41) is 3.13. The molecule has 2 aliphatic heterocycles. The number of amides is 2. The Balaban J connectivity index is 1.59. The number of piperidine rings is 1. The molecule has 1 aromatic carbocycles. The van der Waals surface area contributed by atoms with Gasteiger partial charge in [-0.25, -0.2) is 0 Å². The van der Waals surface area contributed by atoms with Gasteiger partial charge in [0.2, 0.25) is 5.91 Å². The molecular weight excluding hydrogens is 346 g/mol. The Kier molecular flexibility index (Phi) is 6.97. The molecule has 0 aromatic heterocycles. The topological polar surface area (TPSA) is 52.7 Å². The quantitative estimate of drug-likeness (QED) is 0.830. The molecule has 2 unspecified atom stereocenters. The van der Waals surface area contributed by atoms with Crippen molar-refractivity contribution in [3.63, 3.8) is 0 Å². The lowest BCUT2D eigenvalue weighted by molar-refractivity contribution is -0.124. The van der Waals surface area contributed by atoms with E-state index < -0.39 is 0 Å². The normalized spacial score (nSPS) is 23.8. The lowest BCUT2D eigenvalue weighted by Crippen LogP contribution is -2.50. The molecule has 2 amide bonds. The van der Waals surface area contributed by atoms with E-state index in [1.165, 1.54) is 19.3 Å². The van der Waals surface area contributed by atoms with E-state index in [2.05, 4.69) is 17.1 Å². The zero-order chi connectivity index (χ0) is 18.4. The second kappa shape index (κ2) is 9.42. The molecule has 0 spiro atoms. The molecule has 6 heteroatoms. The van der Waals surface area contributed by atoms with Gasteiger partial charge in [0.1, 0.15) is 6.04 Å². The predicted octanol–water partition coefficient (Wildman–Crippen LogP) is 2.58. The largest absolute Gasteiger partial charge is 0.353 e. The fourth-order valence-electron chi connectivity index (χ4n) is 3.72. The summed E-state index contributed by atoms with van der Waals surface area (Å²) in [6.07, 6.45) is 4.67. The molecule has 1 aromatic rings. The van der Waals surface area contributed by atoms with Gasteiger partial charge in [0.15, 0.2) is 0 Å². The highest BCUT2D eigenvalue weighted by atomic mass is 32.2. The van der Waals surface area contributed by atoms with Crippen LogP contribution in [0.1, 0.15) is 43.0 Å². The molecular formula is C20H29N3O2S. The van der Waals surface area contributed by atoms with Crippen molar-refractivity contribution >= 4 is 23.6 Å². The molecule has 0 bridgehead atoms. The summed E-state index contributed by atoms with van der Waals surface area (Å²) < 4.78 is 0. The monoisotopic (exact) mass is 375 g/mol. The van der Waals surface area contributed by atoms with Crippen molar-refractivity contribution in [2.24, 2.45) is 0 Å². The van der Waals surface area contributed by atoms with Gasteiger partial charge in [0, 0.05) is 24.4 Å². The van der Waals surface area contributed by atoms with E-state index in [-0.39, 0.29) is 23.2 Å². The van der Waals surface area contributed by atoms with Crippen molar-refractivity contribution in [3.8, 4) is 0 Å². The average molecular weight is 376 g/mol. The van der Waals surface area contributed by atoms with Crippen molar-refractivity contribution in [2.45, 2.75) is 44.0 Å². The highest BCUT2D eigenvalue weighted by Crippen LogP contribution is 2.32. The third-order valence-electron chi connectivity index (χ3n) is 5.18. The number of thioether (sulfide) groups is 1. The molecule has 0 aliphatic carbocycles. The smallest absolute Gasteiger partial charge is 0.255 e. The lowest BCUT2D eigenvalue weighted by atomic mass is 10.1. The lowest BCUT2D eigenvalue weighted by Gasteiger charge is -2.29. The summed E-state index contributed by atoms with van der Waals surface area (Å²) in [5.74, 6) is 0.612. The number of nitrogens with one attached hydrogen (secondary N) is 1. The molecule has 0 radical (unpaired) electrons. The van der Waals surface area contributed by atoms with Crippen LogP contribution in [0.15, 0.2) is 30.3 Å². The van der Waals surface area contributed by atoms with Crippen LogP contribution >= 0.6 is 11.8 Å². The van der Waals surface area contributed by atoms with Gasteiger partial charge < -0.3 is 15.1 Å². The zero-order valence-corrected chi connectivity index (χ0v) is 16.3. The van der Waals surface area contributed by atoms with Crippen LogP contribution in [0.25, 0.3) is 0 Å². The minimum atomic E-state index is -0.376. The van der Waals surface area contributed by atoms with Crippen LogP contribution in [-0.4, -0.2) is 65.0 Å². The number of carbonyl (C=O) groups excluding carboxylic acids is 2. The fourth-order valence-corrected chi connectivity index (χ4v) is 5.08. The summed E-state index contributed by atoms with van der Waals surface area (Å²) in [7, 11) is 0. The number of carbonyl (C=O) groups is 2. The van der Waals surface area contributed by atoms with Crippen molar-refractivity contribution in [2.75, 3.05) is 31.9 Å². The van der Waals surface area contributed by atoms with Crippen molar-refractivity contribution < 1.29 is 9.59 Å². The summed E-state index contributed by atoms with van der Waals surface area (Å²) in [5.41, 5.74) is 0.652. The third kappa shape index (κ3) is 4.60. The van der Waals surface area contributed by atoms with E-state index in [9.17, 15) is 9.59 Å². The van der Waals surface area contributed by atoms with E-state index >= 15 is 0 Å². The Hall–Kier alpha value is -1.53. The first-order valence-corrected chi connectivity index (χ1v) is 10.7. The van der Waals surface area contributed by atoms with Crippen molar-refractivity contribution in [1.29, 1.82) is 0 Å². The maximum Gasteiger partial charge on any atom is 0.255 e. The Morgan fingerprint density at radius 1 is 1.15 bits per heavy atom. The Morgan fingerprint density at radius 3 is 2.58 bits per heavy atom. The van der Waals surface area contributed by atoms with Crippen LogP contribution in [0.2, 0.25) is 0 Å². The number of benzene rings is 1. The SMILES string of the molecule is CCC1SCC(C(=O)NCCN2CCCCC2)N1C(=O)c1ccccc1. The molecule has 2 fully saturated rings. The number of likely N-dealkylation sites (tertiary alicyclic amines) is 1. The Bertz CT molecular complexity index is 604.